The summed E-state index contributed by atoms with van der Waals surface area (Å²) in [6.45, 7) is 0.617. The van der Waals surface area contributed by atoms with Gasteiger partial charge in [-0.05, 0) is 31.0 Å². The monoisotopic (exact) mass is 274 g/mol. The molecule has 0 unspecified atom stereocenters. The molecule has 0 saturated heterocycles. The number of benzene rings is 1. The maximum atomic E-state index is 5.37. The van der Waals surface area contributed by atoms with Crippen LogP contribution in [0.5, 0.6) is 11.5 Å². The zero-order valence-electron chi connectivity index (χ0n) is 11.7. The Morgan fingerprint density at radius 1 is 1.30 bits per heavy atom. The molecule has 1 fully saturated rings. The van der Waals surface area contributed by atoms with Gasteiger partial charge in [0.1, 0.15) is 17.8 Å². The second-order valence-electron chi connectivity index (χ2n) is 4.82. The zero-order valence-corrected chi connectivity index (χ0v) is 11.7. The van der Waals surface area contributed by atoms with E-state index in [0.717, 1.165) is 23.0 Å². The van der Waals surface area contributed by atoms with E-state index in [2.05, 4.69) is 20.1 Å². The van der Waals surface area contributed by atoms with E-state index >= 15 is 0 Å². The number of methoxy groups -OCH3 is 2. The maximum Gasteiger partial charge on any atom is 0.224 e. The summed E-state index contributed by atoms with van der Waals surface area (Å²) in [6, 6.07) is 6.31. The Kier molecular flexibility index (Phi) is 3.45. The highest BCUT2D eigenvalue weighted by Gasteiger charge is 2.26. The third-order valence-corrected chi connectivity index (χ3v) is 3.44. The predicted molar refractivity (Wildman–Crippen MR) is 75.2 cm³/mol. The van der Waals surface area contributed by atoms with Gasteiger partial charge in [-0.15, -0.1) is 10.2 Å². The molecular formula is C14H18N4O2. The van der Waals surface area contributed by atoms with Crippen molar-refractivity contribution >= 4 is 5.95 Å². The average molecular weight is 274 g/mol. The van der Waals surface area contributed by atoms with E-state index < -0.39 is 0 Å². The van der Waals surface area contributed by atoms with E-state index in [1.165, 1.54) is 12.8 Å². The lowest BCUT2D eigenvalue weighted by atomic mass is 10.2. The molecule has 1 N–H and O–H groups in total. The topological polar surface area (TPSA) is 61.2 Å². The second kappa shape index (κ2) is 5.40. The van der Waals surface area contributed by atoms with Gasteiger partial charge in [-0.3, -0.25) is 4.57 Å². The number of hydrogen-bond donors (Lipinski definition) is 1. The second-order valence-corrected chi connectivity index (χ2v) is 4.82. The molecule has 0 spiro atoms. The number of nitrogens with one attached hydrogen (secondary N) is 1. The first-order valence-corrected chi connectivity index (χ1v) is 6.66. The standard InChI is InChI=1S/C14H18N4O2/c1-19-12-5-6-13(20-2)10(7-12)8-15-14-17-16-9-18(14)11-3-4-11/h5-7,9,11H,3-4,8H2,1-2H3,(H,15,17). The minimum absolute atomic E-state index is 0.555. The van der Waals surface area contributed by atoms with Crippen molar-refractivity contribution in [2.24, 2.45) is 0 Å². The van der Waals surface area contributed by atoms with E-state index in [1.54, 1.807) is 20.5 Å². The van der Waals surface area contributed by atoms with Crippen LogP contribution in [-0.2, 0) is 6.54 Å². The van der Waals surface area contributed by atoms with Crippen LogP contribution in [0.15, 0.2) is 24.5 Å². The van der Waals surface area contributed by atoms with Gasteiger partial charge >= 0.3 is 0 Å². The Morgan fingerprint density at radius 3 is 2.85 bits per heavy atom. The van der Waals surface area contributed by atoms with Crippen molar-refractivity contribution in [1.29, 1.82) is 0 Å². The molecule has 1 saturated carbocycles. The number of nitrogens with zero attached hydrogens (tertiary/aromatic N) is 3. The van der Waals surface area contributed by atoms with Gasteiger partial charge in [-0.25, -0.2) is 0 Å². The van der Waals surface area contributed by atoms with Gasteiger partial charge in [-0.1, -0.05) is 0 Å². The highest BCUT2D eigenvalue weighted by molar-refractivity contribution is 5.42. The Morgan fingerprint density at radius 2 is 2.15 bits per heavy atom. The molecule has 0 atom stereocenters. The van der Waals surface area contributed by atoms with Crippen LogP contribution in [0.2, 0.25) is 0 Å². The van der Waals surface area contributed by atoms with Crippen molar-refractivity contribution in [2.45, 2.75) is 25.4 Å². The minimum atomic E-state index is 0.555. The van der Waals surface area contributed by atoms with Gasteiger partial charge in [0.05, 0.1) is 14.2 Å². The van der Waals surface area contributed by atoms with Gasteiger partial charge in [0, 0.05) is 18.2 Å². The fraction of sp³-hybridized carbons (Fsp3) is 0.429. The number of hydrogen-bond acceptors (Lipinski definition) is 5. The summed E-state index contributed by atoms with van der Waals surface area (Å²) in [5, 5.41) is 11.4. The van der Waals surface area contributed by atoms with Crippen LogP contribution >= 0.6 is 0 Å². The van der Waals surface area contributed by atoms with E-state index in [0.29, 0.717) is 12.6 Å². The van der Waals surface area contributed by atoms with Gasteiger partial charge in [0.15, 0.2) is 0 Å². The molecule has 1 aliphatic rings. The van der Waals surface area contributed by atoms with Crippen LogP contribution in [-0.4, -0.2) is 29.0 Å². The quantitative estimate of drug-likeness (QED) is 0.875. The third kappa shape index (κ3) is 2.54. The third-order valence-electron chi connectivity index (χ3n) is 3.44. The van der Waals surface area contributed by atoms with E-state index in [4.69, 9.17) is 9.47 Å². The van der Waals surface area contributed by atoms with Crippen LogP contribution in [0.1, 0.15) is 24.4 Å². The Hall–Kier alpha value is -2.24. The largest absolute Gasteiger partial charge is 0.497 e. The Labute approximate surface area is 117 Å². The first-order valence-electron chi connectivity index (χ1n) is 6.66. The maximum absolute atomic E-state index is 5.37. The van der Waals surface area contributed by atoms with E-state index in [1.807, 2.05) is 18.2 Å². The van der Waals surface area contributed by atoms with Gasteiger partial charge in [0.25, 0.3) is 0 Å². The summed E-state index contributed by atoms with van der Waals surface area (Å²) in [4.78, 5) is 0. The van der Waals surface area contributed by atoms with Crippen molar-refractivity contribution in [1.82, 2.24) is 14.8 Å². The Balaban J connectivity index is 1.75. The molecule has 1 aliphatic carbocycles. The molecule has 3 rings (SSSR count). The van der Waals surface area contributed by atoms with Crippen LogP contribution in [0.25, 0.3) is 0 Å². The lowest BCUT2D eigenvalue weighted by molar-refractivity contribution is 0.399. The lowest BCUT2D eigenvalue weighted by Gasteiger charge is -2.12. The molecule has 2 aromatic rings. The molecule has 0 aliphatic heterocycles. The van der Waals surface area contributed by atoms with Crippen LogP contribution in [0.4, 0.5) is 5.95 Å². The van der Waals surface area contributed by atoms with Crippen LogP contribution in [0.3, 0.4) is 0 Å². The summed E-state index contributed by atoms with van der Waals surface area (Å²) in [7, 11) is 3.32. The van der Waals surface area contributed by atoms with Crippen molar-refractivity contribution in [3.05, 3.63) is 30.1 Å². The van der Waals surface area contributed by atoms with Gasteiger partial charge in [0.2, 0.25) is 5.95 Å². The molecule has 0 amide bonds. The highest BCUT2D eigenvalue weighted by Crippen LogP contribution is 2.36. The molecule has 1 aromatic carbocycles. The van der Waals surface area contributed by atoms with Gasteiger partial charge < -0.3 is 14.8 Å². The normalized spacial score (nSPS) is 14.1. The first-order chi connectivity index (χ1) is 9.81. The summed E-state index contributed by atoms with van der Waals surface area (Å²) in [5.74, 6) is 2.44. The molecule has 20 heavy (non-hydrogen) atoms. The van der Waals surface area contributed by atoms with Crippen LogP contribution < -0.4 is 14.8 Å². The van der Waals surface area contributed by atoms with Gasteiger partial charge in [-0.2, -0.15) is 0 Å². The van der Waals surface area contributed by atoms with E-state index in [-0.39, 0.29) is 0 Å². The molecular weight excluding hydrogens is 256 g/mol. The number of ether oxygens (including phenoxy) is 2. The SMILES string of the molecule is COc1ccc(OC)c(CNc2nncn2C2CC2)c1. The first kappa shape index (κ1) is 12.8. The number of anilines is 1. The summed E-state index contributed by atoms with van der Waals surface area (Å²) in [5.41, 5.74) is 1.03. The molecule has 1 heterocycles. The molecule has 106 valence electrons. The van der Waals surface area contributed by atoms with Crippen molar-refractivity contribution in [3.63, 3.8) is 0 Å². The lowest BCUT2D eigenvalue weighted by Crippen LogP contribution is -2.07. The smallest absolute Gasteiger partial charge is 0.224 e. The van der Waals surface area contributed by atoms with Crippen molar-refractivity contribution in [2.75, 3.05) is 19.5 Å². The van der Waals surface area contributed by atoms with Crippen molar-refractivity contribution < 1.29 is 9.47 Å². The zero-order chi connectivity index (χ0) is 13.9. The Bertz CT molecular complexity index is 593. The molecule has 0 radical (unpaired) electrons. The average Bonchev–Trinajstić information content (AvgIpc) is 3.23. The summed E-state index contributed by atoms with van der Waals surface area (Å²) >= 11 is 0. The molecule has 6 nitrogen and oxygen atoms in total. The molecule has 6 heteroatoms. The van der Waals surface area contributed by atoms with Crippen molar-refractivity contribution in [3.8, 4) is 11.5 Å². The molecule has 1 aromatic heterocycles. The fourth-order valence-electron chi connectivity index (χ4n) is 2.18. The minimum Gasteiger partial charge on any atom is -0.497 e. The number of aromatic nitrogens is 3. The fourth-order valence-corrected chi connectivity index (χ4v) is 2.18. The molecule has 0 bridgehead atoms. The van der Waals surface area contributed by atoms with Crippen LogP contribution in [0, 0.1) is 0 Å². The number of rotatable bonds is 6. The highest BCUT2D eigenvalue weighted by atomic mass is 16.5. The summed E-state index contributed by atoms with van der Waals surface area (Å²) in [6.07, 6.45) is 4.19. The van der Waals surface area contributed by atoms with E-state index in [9.17, 15) is 0 Å². The summed E-state index contributed by atoms with van der Waals surface area (Å²) < 4.78 is 12.7. The predicted octanol–water partition coefficient (Wildman–Crippen LogP) is 2.24.